The second-order valence-corrected chi connectivity index (χ2v) is 8.54. The van der Waals surface area contributed by atoms with Crippen LogP contribution in [0.3, 0.4) is 0 Å². The van der Waals surface area contributed by atoms with E-state index in [2.05, 4.69) is 32.6 Å². The van der Waals surface area contributed by atoms with E-state index in [4.69, 9.17) is 0 Å². The Morgan fingerprint density at radius 2 is 1.80 bits per heavy atom. The summed E-state index contributed by atoms with van der Waals surface area (Å²) in [5.41, 5.74) is 0.453. The van der Waals surface area contributed by atoms with Gasteiger partial charge in [0.2, 0.25) is 0 Å². The molecule has 0 spiro atoms. The average Bonchev–Trinajstić information content (AvgIpc) is 2.59. The van der Waals surface area contributed by atoms with Crippen LogP contribution in [0.15, 0.2) is 0 Å². The Kier molecular flexibility index (Phi) is 5.53. The molecular weight excluding hydrogens is 246 g/mol. The Bertz CT molecular complexity index is 296. The molecule has 2 fully saturated rings. The Hall–Kier alpha value is -0.0800. The van der Waals surface area contributed by atoms with Gasteiger partial charge in [-0.25, -0.2) is 0 Å². The van der Waals surface area contributed by atoms with Gasteiger partial charge in [-0.3, -0.25) is 0 Å². The summed E-state index contributed by atoms with van der Waals surface area (Å²) >= 11 is 0. The number of likely N-dealkylation sites (tertiary alicyclic amines) is 1. The van der Waals surface area contributed by atoms with E-state index < -0.39 is 0 Å². The molecule has 0 aromatic rings. The van der Waals surface area contributed by atoms with E-state index in [1.807, 2.05) is 0 Å². The normalized spacial score (nSPS) is 37.6. The van der Waals surface area contributed by atoms with Crippen LogP contribution in [0.4, 0.5) is 0 Å². The number of nitrogens with zero attached hydrogens (tertiary/aromatic N) is 1. The van der Waals surface area contributed by atoms with Crippen molar-refractivity contribution in [1.29, 1.82) is 0 Å². The third kappa shape index (κ3) is 4.46. The first-order valence-corrected chi connectivity index (χ1v) is 8.76. The summed E-state index contributed by atoms with van der Waals surface area (Å²) in [4.78, 5) is 2.64. The Morgan fingerprint density at radius 3 is 2.50 bits per heavy atom. The molecule has 118 valence electrons. The lowest BCUT2D eigenvalue weighted by atomic mass is 9.77. The highest BCUT2D eigenvalue weighted by molar-refractivity contribution is 4.83. The van der Waals surface area contributed by atoms with Crippen molar-refractivity contribution < 1.29 is 5.11 Å². The van der Waals surface area contributed by atoms with Gasteiger partial charge >= 0.3 is 0 Å². The largest absolute Gasteiger partial charge is 0.393 e. The molecule has 0 aromatic heterocycles. The first-order chi connectivity index (χ1) is 9.36. The summed E-state index contributed by atoms with van der Waals surface area (Å²) in [6, 6.07) is 0. The van der Waals surface area contributed by atoms with Gasteiger partial charge in [0, 0.05) is 6.54 Å². The van der Waals surface area contributed by atoms with E-state index in [-0.39, 0.29) is 6.10 Å². The molecule has 1 aliphatic carbocycles. The van der Waals surface area contributed by atoms with Crippen molar-refractivity contribution >= 4 is 0 Å². The molecule has 2 aliphatic rings. The number of hydrogen-bond acceptors (Lipinski definition) is 2. The fourth-order valence-electron chi connectivity index (χ4n) is 4.22. The number of rotatable bonds is 2. The van der Waals surface area contributed by atoms with Crippen LogP contribution < -0.4 is 0 Å². The second-order valence-electron chi connectivity index (χ2n) is 8.54. The smallest absolute Gasteiger partial charge is 0.0580 e. The van der Waals surface area contributed by atoms with Gasteiger partial charge in [0.15, 0.2) is 0 Å². The van der Waals surface area contributed by atoms with E-state index in [0.717, 1.165) is 24.8 Å². The minimum atomic E-state index is -0.0483. The van der Waals surface area contributed by atoms with Gasteiger partial charge in [-0.05, 0) is 74.8 Å². The van der Waals surface area contributed by atoms with Crippen molar-refractivity contribution in [3.63, 3.8) is 0 Å². The molecule has 0 aromatic carbocycles. The molecular formula is C18H35NO. The highest BCUT2D eigenvalue weighted by Crippen LogP contribution is 2.35. The van der Waals surface area contributed by atoms with Crippen molar-refractivity contribution in [2.75, 3.05) is 19.6 Å². The molecule has 4 atom stereocenters. The monoisotopic (exact) mass is 281 g/mol. The molecule has 2 rings (SSSR count). The minimum absolute atomic E-state index is 0.0483. The molecule has 0 radical (unpaired) electrons. The zero-order chi connectivity index (χ0) is 14.8. The molecule has 2 nitrogen and oxygen atoms in total. The highest BCUT2D eigenvalue weighted by Gasteiger charge is 2.31. The molecule has 2 heteroatoms. The van der Waals surface area contributed by atoms with Gasteiger partial charge in [-0.2, -0.15) is 0 Å². The maximum Gasteiger partial charge on any atom is 0.0580 e. The van der Waals surface area contributed by atoms with Crippen molar-refractivity contribution in [3.05, 3.63) is 0 Å². The van der Waals surface area contributed by atoms with Crippen LogP contribution in [0.2, 0.25) is 0 Å². The predicted octanol–water partition coefficient (Wildman–Crippen LogP) is 3.93. The number of aliphatic hydroxyl groups is 1. The predicted molar refractivity (Wildman–Crippen MR) is 85.7 cm³/mol. The van der Waals surface area contributed by atoms with E-state index in [1.54, 1.807) is 0 Å². The van der Waals surface area contributed by atoms with E-state index in [0.29, 0.717) is 11.3 Å². The lowest BCUT2D eigenvalue weighted by Crippen LogP contribution is -2.39. The summed E-state index contributed by atoms with van der Waals surface area (Å²) < 4.78 is 0. The van der Waals surface area contributed by atoms with Crippen molar-refractivity contribution in [2.45, 2.75) is 72.3 Å². The van der Waals surface area contributed by atoms with Crippen molar-refractivity contribution in [2.24, 2.45) is 23.2 Å². The summed E-state index contributed by atoms with van der Waals surface area (Å²) in [7, 11) is 0. The Morgan fingerprint density at radius 1 is 1.05 bits per heavy atom. The summed E-state index contributed by atoms with van der Waals surface area (Å²) in [6.07, 6.45) is 7.45. The van der Waals surface area contributed by atoms with Crippen LogP contribution in [0, 0.1) is 23.2 Å². The van der Waals surface area contributed by atoms with Gasteiger partial charge in [-0.1, -0.05) is 27.7 Å². The van der Waals surface area contributed by atoms with Crippen LogP contribution in [0.5, 0.6) is 0 Å². The molecule has 20 heavy (non-hydrogen) atoms. The maximum absolute atomic E-state index is 10.2. The summed E-state index contributed by atoms with van der Waals surface area (Å²) in [6.45, 7) is 13.1. The molecule has 0 bridgehead atoms. The molecule has 1 N–H and O–H groups in total. The molecule has 1 saturated heterocycles. The fourth-order valence-corrected chi connectivity index (χ4v) is 4.22. The van der Waals surface area contributed by atoms with Crippen LogP contribution in [0.1, 0.15) is 66.2 Å². The van der Waals surface area contributed by atoms with Gasteiger partial charge in [0.25, 0.3) is 0 Å². The quantitative estimate of drug-likeness (QED) is 0.829. The van der Waals surface area contributed by atoms with Crippen LogP contribution in [0.25, 0.3) is 0 Å². The van der Waals surface area contributed by atoms with Gasteiger partial charge in [0.1, 0.15) is 0 Å². The second kappa shape index (κ2) is 6.79. The Balaban J connectivity index is 1.84. The number of aliphatic hydroxyl groups excluding tert-OH is 1. The SMILES string of the molecule is CC1CCC(O)C(CN2CCCC(C(C)(C)C)CC2)C1. The first-order valence-electron chi connectivity index (χ1n) is 8.76. The Labute approximate surface area is 125 Å². The molecule has 4 unspecified atom stereocenters. The number of hydrogen-bond donors (Lipinski definition) is 1. The molecule has 1 aliphatic heterocycles. The van der Waals surface area contributed by atoms with Crippen LogP contribution >= 0.6 is 0 Å². The first kappa shape index (κ1) is 16.3. The summed E-state index contributed by atoms with van der Waals surface area (Å²) in [5.74, 6) is 2.19. The third-order valence-electron chi connectivity index (χ3n) is 5.74. The zero-order valence-electron chi connectivity index (χ0n) is 14.1. The average molecular weight is 281 g/mol. The maximum atomic E-state index is 10.2. The van der Waals surface area contributed by atoms with E-state index in [9.17, 15) is 5.11 Å². The standard InChI is InChI=1S/C18H35NO/c1-14-7-8-17(20)15(12-14)13-19-10-5-6-16(9-11-19)18(2,3)4/h14-17,20H,5-13H2,1-4H3. The van der Waals surface area contributed by atoms with E-state index in [1.165, 1.54) is 45.2 Å². The minimum Gasteiger partial charge on any atom is -0.393 e. The zero-order valence-corrected chi connectivity index (χ0v) is 14.1. The van der Waals surface area contributed by atoms with Gasteiger partial charge < -0.3 is 10.0 Å². The lowest BCUT2D eigenvalue weighted by Gasteiger charge is -2.35. The van der Waals surface area contributed by atoms with Crippen molar-refractivity contribution in [3.8, 4) is 0 Å². The van der Waals surface area contributed by atoms with Crippen LogP contribution in [-0.4, -0.2) is 35.7 Å². The van der Waals surface area contributed by atoms with Gasteiger partial charge in [0.05, 0.1) is 6.10 Å². The fraction of sp³-hybridized carbons (Fsp3) is 1.00. The summed E-state index contributed by atoms with van der Waals surface area (Å²) in [5, 5.41) is 10.2. The molecule has 1 saturated carbocycles. The van der Waals surface area contributed by atoms with E-state index >= 15 is 0 Å². The third-order valence-corrected chi connectivity index (χ3v) is 5.74. The lowest BCUT2D eigenvalue weighted by molar-refractivity contribution is 0.0306. The van der Waals surface area contributed by atoms with Crippen LogP contribution in [-0.2, 0) is 0 Å². The highest BCUT2D eigenvalue weighted by atomic mass is 16.3. The molecule has 0 amide bonds. The van der Waals surface area contributed by atoms with Crippen molar-refractivity contribution in [1.82, 2.24) is 4.90 Å². The molecule has 1 heterocycles. The van der Waals surface area contributed by atoms with Gasteiger partial charge in [-0.15, -0.1) is 0 Å². The topological polar surface area (TPSA) is 23.5 Å².